The van der Waals surface area contributed by atoms with Crippen LogP contribution in [0.25, 0.3) is 5.57 Å². The molecule has 1 aromatic heterocycles. The van der Waals surface area contributed by atoms with Crippen LogP contribution in [-0.4, -0.2) is 34.3 Å². The molecule has 1 aromatic rings. The average Bonchev–Trinajstić information content (AvgIpc) is 3.08. The highest BCUT2D eigenvalue weighted by atomic mass is 19.1. The Morgan fingerprint density at radius 2 is 1.74 bits per heavy atom. The zero-order chi connectivity index (χ0) is 20.1. The van der Waals surface area contributed by atoms with Gasteiger partial charge in [-0.1, -0.05) is 64.5 Å². The number of allylic oxidation sites excluding steroid dienone is 3. The van der Waals surface area contributed by atoms with Crippen molar-refractivity contribution in [3.63, 3.8) is 0 Å². The van der Waals surface area contributed by atoms with Gasteiger partial charge in [-0.15, -0.1) is 0 Å². The molecule has 0 spiro atoms. The number of likely N-dealkylation sites (N-methyl/N-ethyl adjacent to an activating group) is 1. The van der Waals surface area contributed by atoms with Crippen molar-refractivity contribution in [3.05, 3.63) is 35.9 Å². The van der Waals surface area contributed by atoms with Crippen LogP contribution in [0.3, 0.4) is 0 Å². The second kappa shape index (κ2) is 13.7. The van der Waals surface area contributed by atoms with Crippen LogP contribution in [0, 0.1) is 0 Å². The number of aromatic nitrogens is 2. The van der Waals surface area contributed by atoms with Gasteiger partial charge in [0.05, 0.1) is 6.20 Å². The van der Waals surface area contributed by atoms with Crippen molar-refractivity contribution >= 4 is 5.57 Å². The lowest BCUT2D eigenvalue weighted by Gasteiger charge is -2.22. The first-order chi connectivity index (χ1) is 13.0. The summed E-state index contributed by atoms with van der Waals surface area (Å²) in [6.07, 6.45) is 18.5. The van der Waals surface area contributed by atoms with Crippen molar-refractivity contribution in [1.82, 2.24) is 14.7 Å². The van der Waals surface area contributed by atoms with E-state index in [4.69, 9.17) is 0 Å². The van der Waals surface area contributed by atoms with Crippen LogP contribution in [-0.2, 0) is 7.05 Å². The number of halogens is 1. The van der Waals surface area contributed by atoms with E-state index in [0.29, 0.717) is 18.0 Å². The number of aryl methyl sites for hydroxylation is 1. The third kappa shape index (κ3) is 9.37. The van der Waals surface area contributed by atoms with Gasteiger partial charge >= 0.3 is 0 Å². The van der Waals surface area contributed by atoms with E-state index < -0.39 is 0 Å². The molecule has 0 radical (unpaired) electrons. The Bertz CT molecular complexity index is 568. The maximum Gasteiger partial charge on any atom is 0.108 e. The van der Waals surface area contributed by atoms with E-state index in [9.17, 15) is 4.39 Å². The van der Waals surface area contributed by atoms with Gasteiger partial charge in [-0.25, -0.2) is 4.39 Å². The summed E-state index contributed by atoms with van der Waals surface area (Å²) in [4.78, 5) is 2.29. The van der Waals surface area contributed by atoms with Crippen LogP contribution in [0.15, 0.2) is 30.4 Å². The molecular weight excluding hydrogens is 337 g/mol. The molecule has 0 fully saturated rings. The van der Waals surface area contributed by atoms with Gasteiger partial charge in [0.15, 0.2) is 0 Å². The van der Waals surface area contributed by atoms with Gasteiger partial charge < -0.3 is 4.90 Å². The molecule has 0 saturated carbocycles. The van der Waals surface area contributed by atoms with Crippen molar-refractivity contribution in [3.8, 4) is 0 Å². The molecule has 0 aliphatic carbocycles. The molecule has 2 heterocycles. The molecule has 0 saturated heterocycles. The largest absolute Gasteiger partial charge is 0.300 e. The normalized spacial score (nSPS) is 22.8. The molecule has 0 aromatic carbocycles. The van der Waals surface area contributed by atoms with Crippen molar-refractivity contribution in [2.24, 2.45) is 7.05 Å². The van der Waals surface area contributed by atoms with Crippen LogP contribution in [0.4, 0.5) is 4.39 Å². The molecule has 154 valence electrons. The maximum absolute atomic E-state index is 14.3. The van der Waals surface area contributed by atoms with Gasteiger partial charge in [0.1, 0.15) is 5.83 Å². The Kier molecular flexibility index (Phi) is 12.0. The van der Waals surface area contributed by atoms with Crippen LogP contribution in [0.1, 0.15) is 84.1 Å². The molecule has 4 heteroatoms. The Labute approximate surface area is 166 Å². The quantitative estimate of drug-likeness (QED) is 0.526. The lowest BCUT2D eigenvalue weighted by molar-refractivity contribution is 0.289. The van der Waals surface area contributed by atoms with E-state index >= 15 is 0 Å². The highest BCUT2D eigenvalue weighted by Crippen LogP contribution is 2.26. The van der Waals surface area contributed by atoms with Gasteiger partial charge in [0.25, 0.3) is 0 Å². The summed E-state index contributed by atoms with van der Waals surface area (Å²) >= 11 is 0. The second-order valence-electron chi connectivity index (χ2n) is 7.67. The number of hydrogen-bond donors (Lipinski definition) is 0. The minimum absolute atomic E-state index is 0.0268. The fraction of sp³-hybridized carbons (Fsp3) is 0.696. The average molecular weight is 378 g/mol. The summed E-state index contributed by atoms with van der Waals surface area (Å²) in [6, 6.07) is 0.317. The van der Waals surface area contributed by atoms with E-state index in [1.807, 2.05) is 19.3 Å². The maximum atomic E-state index is 14.3. The lowest BCUT2D eigenvalue weighted by atomic mass is 10.0. The predicted molar refractivity (Wildman–Crippen MR) is 115 cm³/mol. The first-order valence-electron chi connectivity index (χ1n) is 10.8. The van der Waals surface area contributed by atoms with Crippen LogP contribution >= 0.6 is 0 Å². The highest BCUT2D eigenvalue weighted by Gasteiger charge is 2.13. The van der Waals surface area contributed by atoms with Gasteiger partial charge in [0, 0.05) is 30.4 Å². The van der Waals surface area contributed by atoms with Gasteiger partial charge in [-0.2, -0.15) is 5.10 Å². The van der Waals surface area contributed by atoms with Gasteiger partial charge in [-0.3, -0.25) is 4.68 Å². The third-order valence-corrected chi connectivity index (χ3v) is 5.16. The molecule has 1 aliphatic rings. The third-order valence-electron chi connectivity index (χ3n) is 5.16. The monoisotopic (exact) mass is 377 g/mol. The topological polar surface area (TPSA) is 21.1 Å². The zero-order valence-electron chi connectivity index (χ0n) is 18.2. The van der Waals surface area contributed by atoms with E-state index in [1.54, 1.807) is 10.9 Å². The van der Waals surface area contributed by atoms with E-state index in [1.165, 1.54) is 38.5 Å². The second-order valence-corrected chi connectivity index (χ2v) is 7.67. The Morgan fingerprint density at radius 1 is 1.07 bits per heavy atom. The summed E-state index contributed by atoms with van der Waals surface area (Å²) in [5.41, 5.74) is 1.53. The summed E-state index contributed by atoms with van der Waals surface area (Å²) < 4.78 is 16.0. The Morgan fingerprint density at radius 3 is 2.30 bits per heavy atom. The van der Waals surface area contributed by atoms with Crippen LogP contribution in [0.5, 0.6) is 0 Å². The van der Waals surface area contributed by atoms with Gasteiger partial charge in [0.2, 0.25) is 0 Å². The molecule has 1 atom stereocenters. The van der Waals surface area contributed by atoms with E-state index in [-0.39, 0.29) is 5.83 Å². The van der Waals surface area contributed by atoms with Gasteiger partial charge in [-0.05, 0) is 39.8 Å². The number of rotatable bonds is 6. The zero-order valence-corrected chi connectivity index (χ0v) is 18.2. The summed E-state index contributed by atoms with van der Waals surface area (Å²) in [5, 5.41) is 4.13. The highest BCUT2D eigenvalue weighted by molar-refractivity contribution is 5.75. The first-order valence-corrected chi connectivity index (χ1v) is 10.8. The summed E-state index contributed by atoms with van der Waals surface area (Å²) in [6.45, 7) is 7.66. The molecule has 1 aliphatic heterocycles. The smallest absolute Gasteiger partial charge is 0.108 e. The predicted octanol–water partition coefficient (Wildman–Crippen LogP) is 6.53. The van der Waals surface area contributed by atoms with Crippen LogP contribution < -0.4 is 0 Å². The van der Waals surface area contributed by atoms with Crippen molar-refractivity contribution in [2.75, 3.05) is 13.6 Å². The van der Waals surface area contributed by atoms with Crippen molar-refractivity contribution in [2.45, 2.75) is 84.6 Å². The molecule has 0 bridgehead atoms. The molecule has 3 nitrogen and oxygen atoms in total. The molecule has 0 amide bonds. The standard InChI is InChI=1S/C15H22FN3.C8H18/c1-12-7-8-14(13-10-17-19(3)11-13)15(16)6-4-5-9-18(12)2;1-3-5-7-8-6-4-2/h7-8,10-12H,4-6,9H2,1-3H3;3-8H2,1-2H3/b8-7-,15-14-;. The van der Waals surface area contributed by atoms with E-state index in [2.05, 4.69) is 43.9 Å². The number of hydrogen-bond acceptors (Lipinski definition) is 2. The van der Waals surface area contributed by atoms with Crippen molar-refractivity contribution in [1.29, 1.82) is 0 Å². The van der Waals surface area contributed by atoms with Crippen LogP contribution in [0.2, 0.25) is 0 Å². The molecular formula is C23H40FN3. The minimum atomic E-state index is -0.0268. The Balaban J connectivity index is 0.000000387. The minimum Gasteiger partial charge on any atom is -0.300 e. The lowest BCUT2D eigenvalue weighted by Crippen LogP contribution is -2.28. The molecule has 27 heavy (non-hydrogen) atoms. The molecule has 1 unspecified atom stereocenters. The SMILES string of the molecule is CC1/C=C\C(c2cnn(C)c2)=C(\F)CCCCN1C.CCCCCCCC. The molecule has 0 N–H and O–H groups in total. The number of unbranched alkanes of at least 4 members (excludes halogenated alkanes) is 5. The van der Waals surface area contributed by atoms with Crippen molar-refractivity contribution < 1.29 is 4.39 Å². The summed E-state index contributed by atoms with van der Waals surface area (Å²) in [7, 11) is 3.96. The first kappa shape index (κ1) is 23.6. The number of nitrogens with zero attached hydrogens (tertiary/aromatic N) is 3. The fourth-order valence-corrected chi connectivity index (χ4v) is 3.12. The summed E-state index contributed by atoms with van der Waals surface area (Å²) in [5.74, 6) is -0.0268. The fourth-order valence-electron chi connectivity index (χ4n) is 3.12. The molecule has 2 rings (SSSR count). The Hall–Kier alpha value is -1.42. The van der Waals surface area contributed by atoms with E-state index in [0.717, 1.165) is 24.9 Å².